The molecule has 2 fully saturated rings. The molecule has 2 aliphatic heterocycles. The molecule has 228 valence electrons. The van der Waals surface area contributed by atoms with Gasteiger partial charge >= 0.3 is 5.97 Å². The van der Waals surface area contributed by atoms with Gasteiger partial charge in [-0.05, 0) is 74.6 Å². The first-order valence-corrected chi connectivity index (χ1v) is 16.6. The lowest BCUT2D eigenvalue weighted by atomic mass is 9.81. The van der Waals surface area contributed by atoms with Crippen molar-refractivity contribution in [1.29, 1.82) is 0 Å². The molecule has 43 heavy (non-hydrogen) atoms. The number of thioether (sulfide) groups is 1. The number of piperidine rings is 1. The Morgan fingerprint density at radius 2 is 1.98 bits per heavy atom. The highest BCUT2D eigenvalue weighted by Crippen LogP contribution is 2.45. The van der Waals surface area contributed by atoms with Crippen LogP contribution in [0.25, 0.3) is 22.3 Å². The van der Waals surface area contributed by atoms with Crippen LogP contribution in [0, 0.1) is 0 Å². The van der Waals surface area contributed by atoms with Crippen LogP contribution in [-0.4, -0.2) is 69.2 Å². The quantitative estimate of drug-likeness (QED) is 0.187. The summed E-state index contributed by atoms with van der Waals surface area (Å²) >= 11 is 1.68. The molecule has 0 spiro atoms. The van der Waals surface area contributed by atoms with E-state index in [0.29, 0.717) is 19.3 Å². The molecule has 1 atom stereocenters. The van der Waals surface area contributed by atoms with Crippen molar-refractivity contribution in [2.45, 2.75) is 74.5 Å². The normalized spacial score (nSPS) is 18.9. The summed E-state index contributed by atoms with van der Waals surface area (Å²) in [5.41, 5.74) is 4.22. The van der Waals surface area contributed by atoms with Crippen molar-refractivity contribution in [2.24, 2.45) is 0 Å². The highest BCUT2D eigenvalue weighted by molar-refractivity contribution is 7.98. The molecular weight excluding hydrogens is 562 g/mol. The minimum atomic E-state index is -0.968. The molecule has 0 bridgehead atoms. The van der Waals surface area contributed by atoms with Gasteiger partial charge in [0.25, 0.3) is 0 Å². The number of ether oxygens (including phenoxy) is 1. The van der Waals surface area contributed by atoms with E-state index in [1.165, 1.54) is 0 Å². The lowest BCUT2D eigenvalue weighted by Gasteiger charge is -2.39. The van der Waals surface area contributed by atoms with E-state index in [-0.39, 0.29) is 12.5 Å². The fraction of sp³-hybridized carbons (Fsp3) is 0.471. The summed E-state index contributed by atoms with van der Waals surface area (Å²) in [4.78, 5) is 19.3. The van der Waals surface area contributed by atoms with E-state index in [2.05, 4.69) is 46.1 Å². The number of rotatable bonds is 12. The average Bonchev–Trinajstić information content (AvgIpc) is 3.78. The van der Waals surface area contributed by atoms with Crippen molar-refractivity contribution in [3.8, 4) is 11.3 Å². The van der Waals surface area contributed by atoms with Crippen LogP contribution in [0.2, 0.25) is 0 Å². The van der Waals surface area contributed by atoms with Crippen LogP contribution in [0.5, 0.6) is 0 Å². The number of aliphatic hydroxyl groups is 1. The van der Waals surface area contributed by atoms with Gasteiger partial charge in [0.15, 0.2) is 0 Å². The standard InChI is InChI=1S/C34H41N3O5S/c1-43-28-20-29-31(32(25-8-3-2-4-9-25)37(33(29)35-21-28)22-27-10-6-18-41-27)34(40)13-16-36(17-14-34)15-5-7-24-19-26(42-23-24)11-12-30(38)39/h2-4,8-9,19-21,23,27,40H,5-7,10-18,22H2,1H3,(H,38,39). The third-order valence-corrected chi connectivity index (χ3v) is 9.64. The zero-order valence-electron chi connectivity index (χ0n) is 24.8. The first-order valence-electron chi connectivity index (χ1n) is 15.4. The zero-order valence-corrected chi connectivity index (χ0v) is 25.7. The van der Waals surface area contributed by atoms with E-state index in [4.69, 9.17) is 19.2 Å². The minimum Gasteiger partial charge on any atom is -0.481 e. The maximum Gasteiger partial charge on any atom is 0.303 e. The second-order valence-electron chi connectivity index (χ2n) is 11.9. The molecule has 0 amide bonds. The Bertz CT molecular complexity index is 1530. The number of fused-ring (bicyclic) bond motifs is 1. The lowest BCUT2D eigenvalue weighted by molar-refractivity contribution is -0.137. The van der Waals surface area contributed by atoms with Crippen LogP contribution < -0.4 is 0 Å². The third kappa shape index (κ3) is 6.70. The predicted octanol–water partition coefficient (Wildman–Crippen LogP) is 6.13. The number of nitrogens with zero attached hydrogens (tertiary/aromatic N) is 3. The number of aryl methyl sites for hydroxylation is 2. The Labute approximate surface area is 257 Å². The molecule has 0 aliphatic carbocycles. The lowest BCUT2D eigenvalue weighted by Crippen LogP contribution is -2.43. The monoisotopic (exact) mass is 603 g/mol. The number of hydrogen-bond acceptors (Lipinski definition) is 7. The van der Waals surface area contributed by atoms with Gasteiger partial charge in [0.1, 0.15) is 11.4 Å². The van der Waals surface area contributed by atoms with Gasteiger partial charge in [-0.3, -0.25) is 4.79 Å². The molecule has 2 N–H and O–H groups in total. The van der Waals surface area contributed by atoms with Crippen molar-refractivity contribution >= 4 is 28.8 Å². The second-order valence-corrected chi connectivity index (χ2v) is 12.8. The molecule has 4 aromatic rings. The Hall–Kier alpha value is -3.11. The van der Waals surface area contributed by atoms with Crippen LogP contribution in [-0.2, 0) is 34.5 Å². The smallest absolute Gasteiger partial charge is 0.303 e. The van der Waals surface area contributed by atoms with Gasteiger partial charge in [-0.1, -0.05) is 30.3 Å². The molecule has 2 aliphatic rings. The second kappa shape index (κ2) is 13.3. The number of aromatic nitrogens is 2. The molecule has 3 aromatic heterocycles. The highest BCUT2D eigenvalue weighted by atomic mass is 32.2. The van der Waals surface area contributed by atoms with E-state index >= 15 is 0 Å². The largest absolute Gasteiger partial charge is 0.481 e. The molecular formula is C34H41N3O5S. The molecule has 0 saturated carbocycles. The maximum absolute atomic E-state index is 12.5. The number of benzene rings is 1. The van der Waals surface area contributed by atoms with Crippen molar-refractivity contribution in [1.82, 2.24) is 14.5 Å². The topological polar surface area (TPSA) is 101 Å². The Balaban J connectivity index is 1.23. The maximum atomic E-state index is 12.5. The number of furan rings is 1. The fourth-order valence-electron chi connectivity index (χ4n) is 6.68. The highest BCUT2D eigenvalue weighted by Gasteiger charge is 2.40. The molecule has 8 nitrogen and oxygen atoms in total. The summed E-state index contributed by atoms with van der Waals surface area (Å²) in [5.74, 6) is -0.0836. The zero-order chi connectivity index (χ0) is 29.8. The van der Waals surface area contributed by atoms with Crippen LogP contribution in [0.4, 0.5) is 0 Å². The molecule has 0 radical (unpaired) electrons. The van der Waals surface area contributed by atoms with Gasteiger partial charge in [0, 0.05) is 48.2 Å². The summed E-state index contributed by atoms with van der Waals surface area (Å²) in [6, 6.07) is 14.6. The number of carboxylic acid groups (broad SMARTS) is 1. The van der Waals surface area contributed by atoms with Crippen LogP contribution in [0.15, 0.2) is 64.2 Å². The SMILES string of the molecule is CSc1cnc2c(c1)c(C1(O)CCN(CCCc3coc(CCC(=O)O)c3)CC1)c(-c1ccccc1)n2CC1CCCO1. The Morgan fingerprint density at radius 3 is 2.70 bits per heavy atom. The van der Waals surface area contributed by atoms with Crippen LogP contribution in [0.3, 0.4) is 0 Å². The molecule has 5 heterocycles. The number of aliphatic carboxylic acids is 1. The first-order chi connectivity index (χ1) is 20.9. The molecule has 1 unspecified atom stereocenters. The summed E-state index contributed by atoms with van der Waals surface area (Å²) < 4.78 is 13.9. The molecule has 1 aromatic carbocycles. The van der Waals surface area contributed by atoms with Crippen molar-refractivity contribution in [3.63, 3.8) is 0 Å². The summed E-state index contributed by atoms with van der Waals surface area (Å²) in [6.45, 7) is 4.09. The van der Waals surface area contributed by atoms with Crippen molar-refractivity contribution < 1.29 is 24.2 Å². The number of carboxylic acids is 1. The third-order valence-electron chi connectivity index (χ3n) is 8.95. The van der Waals surface area contributed by atoms with Gasteiger partial charge in [0.2, 0.25) is 0 Å². The van der Waals surface area contributed by atoms with Gasteiger partial charge in [-0.15, -0.1) is 11.8 Å². The van der Waals surface area contributed by atoms with Gasteiger partial charge in [-0.2, -0.15) is 0 Å². The number of hydrogen-bond donors (Lipinski definition) is 2. The number of likely N-dealkylation sites (tertiary alicyclic amines) is 1. The minimum absolute atomic E-state index is 0.0807. The summed E-state index contributed by atoms with van der Waals surface area (Å²) in [6.07, 6.45) is 11.7. The van der Waals surface area contributed by atoms with E-state index in [0.717, 1.165) is 103 Å². The van der Waals surface area contributed by atoms with Gasteiger partial charge in [-0.25, -0.2) is 4.98 Å². The van der Waals surface area contributed by atoms with E-state index in [1.54, 1.807) is 18.0 Å². The Morgan fingerprint density at radius 1 is 1.16 bits per heavy atom. The Kier molecular flexibility index (Phi) is 9.23. The molecule has 6 rings (SSSR count). The number of pyridine rings is 1. The number of carbonyl (C=O) groups is 1. The van der Waals surface area contributed by atoms with Crippen LogP contribution in [0.1, 0.15) is 55.4 Å². The van der Waals surface area contributed by atoms with Crippen molar-refractivity contribution in [2.75, 3.05) is 32.5 Å². The van der Waals surface area contributed by atoms with E-state index in [1.807, 2.05) is 18.3 Å². The molecule has 2 saturated heterocycles. The summed E-state index contributed by atoms with van der Waals surface area (Å²) in [7, 11) is 0. The first kappa shape index (κ1) is 29.9. The van der Waals surface area contributed by atoms with Gasteiger partial charge in [0.05, 0.1) is 36.6 Å². The molecule has 9 heteroatoms. The average molecular weight is 604 g/mol. The van der Waals surface area contributed by atoms with Crippen LogP contribution >= 0.6 is 11.8 Å². The predicted molar refractivity (Wildman–Crippen MR) is 168 cm³/mol. The van der Waals surface area contributed by atoms with E-state index in [9.17, 15) is 9.90 Å². The summed E-state index contributed by atoms with van der Waals surface area (Å²) in [5, 5.41) is 22.4. The van der Waals surface area contributed by atoms with Crippen molar-refractivity contribution in [3.05, 3.63) is 71.8 Å². The van der Waals surface area contributed by atoms with Gasteiger partial charge < -0.3 is 28.8 Å². The van der Waals surface area contributed by atoms with E-state index < -0.39 is 11.6 Å². The fourth-order valence-corrected chi connectivity index (χ4v) is 7.07.